The number of hydrogen-bond acceptors (Lipinski definition) is 4. The van der Waals surface area contributed by atoms with Crippen LogP contribution in [-0.2, 0) is 20.0 Å². The molecule has 1 amide bonds. The van der Waals surface area contributed by atoms with Gasteiger partial charge in [0.25, 0.3) is 5.91 Å². The first-order valence-electron chi connectivity index (χ1n) is 11.7. The molecule has 32 heavy (non-hydrogen) atoms. The van der Waals surface area contributed by atoms with Crippen molar-refractivity contribution in [1.82, 2.24) is 24.2 Å². The number of aryl methyl sites for hydroxylation is 1. The summed E-state index contributed by atoms with van der Waals surface area (Å²) in [5, 5.41) is 14.9. The first-order chi connectivity index (χ1) is 15.6. The second kappa shape index (κ2) is 8.90. The monoisotopic (exact) mass is 433 g/mol. The standard InChI is InChI=1S/C25H31N5O2/c1-28-17-19(16-26-28)22(31)15-20-11-8-14-29(20)25(32)23-21-12-6-3-7-13-30(21)24(27-23)18-9-4-2-5-10-18/h2,4-5,9-10,16-17,20,22,31H,3,6-8,11-15H2,1H3/t20-,22+/m1/s1. The average Bonchev–Trinajstić information content (AvgIpc) is 3.49. The van der Waals surface area contributed by atoms with Crippen LogP contribution in [0, 0.1) is 0 Å². The van der Waals surface area contributed by atoms with Crippen molar-refractivity contribution in [1.29, 1.82) is 0 Å². The minimum Gasteiger partial charge on any atom is -0.388 e. The number of amides is 1. The molecule has 1 aromatic carbocycles. The minimum atomic E-state index is -0.624. The van der Waals surface area contributed by atoms with E-state index in [2.05, 4.69) is 21.8 Å². The van der Waals surface area contributed by atoms with Crippen molar-refractivity contribution >= 4 is 5.91 Å². The summed E-state index contributed by atoms with van der Waals surface area (Å²) >= 11 is 0. The van der Waals surface area contributed by atoms with E-state index in [1.165, 1.54) is 6.42 Å². The van der Waals surface area contributed by atoms with Gasteiger partial charge in [0.05, 0.1) is 18.0 Å². The number of aliphatic hydroxyl groups excluding tert-OH is 1. The third-order valence-electron chi connectivity index (χ3n) is 6.85. The molecule has 7 heteroatoms. The van der Waals surface area contributed by atoms with E-state index in [-0.39, 0.29) is 11.9 Å². The number of benzene rings is 1. The summed E-state index contributed by atoms with van der Waals surface area (Å²) < 4.78 is 3.97. The van der Waals surface area contributed by atoms with Gasteiger partial charge in [-0.1, -0.05) is 36.8 Å². The van der Waals surface area contributed by atoms with Crippen molar-refractivity contribution in [3.8, 4) is 11.4 Å². The highest BCUT2D eigenvalue weighted by Gasteiger charge is 2.35. The summed E-state index contributed by atoms with van der Waals surface area (Å²) in [5.74, 6) is 0.913. The average molecular weight is 434 g/mol. The molecule has 0 radical (unpaired) electrons. The van der Waals surface area contributed by atoms with Crippen molar-refractivity contribution in [2.75, 3.05) is 6.54 Å². The van der Waals surface area contributed by atoms with Crippen LogP contribution in [0.25, 0.3) is 11.4 Å². The van der Waals surface area contributed by atoms with Crippen LogP contribution in [0.5, 0.6) is 0 Å². The smallest absolute Gasteiger partial charge is 0.274 e. The van der Waals surface area contributed by atoms with E-state index in [0.717, 1.165) is 67.8 Å². The Morgan fingerprint density at radius 2 is 2.00 bits per heavy atom. The number of aliphatic hydroxyl groups is 1. The Labute approximate surface area is 188 Å². The lowest BCUT2D eigenvalue weighted by molar-refractivity contribution is 0.0660. The normalized spacial score (nSPS) is 19.6. The van der Waals surface area contributed by atoms with Gasteiger partial charge < -0.3 is 14.6 Å². The number of carbonyl (C=O) groups excluding carboxylic acids is 1. The maximum atomic E-state index is 13.8. The SMILES string of the molecule is Cn1cc([C@@H](O)C[C@H]2CCCN2C(=O)c2nc(-c3ccccc3)n3c2CCCCC3)cn1. The first kappa shape index (κ1) is 20.9. The van der Waals surface area contributed by atoms with E-state index in [1.54, 1.807) is 10.9 Å². The molecule has 0 spiro atoms. The zero-order valence-corrected chi connectivity index (χ0v) is 18.7. The predicted octanol–water partition coefficient (Wildman–Crippen LogP) is 3.74. The Morgan fingerprint density at radius 3 is 2.78 bits per heavy atom. The lowest BCUT2D eigenvalue weighted by atomic mass is 10.0. The highest BCUT2D eigenvalue weighted by Crippen LogP contribution is 2.32. The molecular formula is C25H31N5O2. The van der Waals surface area contributed by atoms with Gasteiger partial charge in [-0.05, 0) is 38.5 Å². The molecule has 0 saturated carbocycles. The van der Waals surface area contributed by atoms with Crippen LogP contribution in [-0.4, -0.2) is 47.8 Å². The molecule has 0 bridgehead atoms. The van der Waals surface area contributed by atoms with Gasteiger partial charge in [-0.25, -0.2) is 4.98 Å². The molecule has 2 aromatic heterocycles. The van der Waals surface area contributed by atoms with Crippen LogP contribution in [0.1, 0.15) is 66.4 Å². The maximum Gasteiger partial charge on any atom is 0.274 e. The second-order valence-electron chi connectivity index (χ2n) is 9.05. The fraction of sp³-hybridized carbons (Fsp3) is 0.480. The minimum absolute atomic E-state index is 0.0127. The summed E-state index contributed by atoms with van der Waals surface area (Å²) in [6.45, 7) is 1.62. The summed E-state index contributed by atoms with van der Waals surface area (Å²) in [5.41, 5.74) is 3.53. The van der Waals surface area contributed by atoms with Crippen LogP contribution >= 0.6 is 0 Å². The molecule has 2 aliphatic rings. The van der Waals surface area contributed by atoms with Crippen LogP contribution in [0.2, 0.25) is 0 Å². The third kappa shape index (κ3) is 3.97. The number of imidazole rings is 1. The van der Waals surface area contributed by atoms with Gasteiger partial charge >= 0.3 is 0 Å². The summed E-state index contributed by atoms with van der Waals surface area (Å²) in [6.07, 6.45) is 9.57. The Hall–Kier alpha value is -2.93. The van der Waals surface area contributed by atoms with Crippen molar-refractivity contribution in [3.05, 3.63) is 59.7 Å². The van der Waals surface area contributed by atoms with Gasteiger partial charge in [-0.2, -0.15) is 5.10 Å². The number of rotatable bonds is 5. The Bertz CT molecular complexity index is 1090. The van der Waals surface area contributed by atoms with Crippen molar-refractivity contribution < 1.29 is 9.90 Å². The zero-order valence-electron chi connectivity index (χ0n) is 18.7. The molecule has 1 saturated heterocycles. The fourth-order valence-corrected chi connectivity index (χ4v) is 5.19. The van der Waals surface area contributed by atoms with Gasteiger partial charge in [0.15, 0.2) is 0 Å². The second-order valence-corrected chi connectivity index (χ2v) is 9.05. The number of aromatic nitrogens is 4. The molecule has 1 N–H and O–H groups in total. The molecule has 7 nitrogen and oxygen atoms in total. The van der Waals surface area contributed by atoms with E-state index in [9.17, 15) is 9.90 Å². The van der Waals surface area contributed by atoms with Crippen LogP contribution in [0.3, 0.4) is 0 Å². The summed E-state index contributed by atoms with van der Waals surface area (Å²) in [6, 6.07) is 10.2. The van der Waals surface area contributed by atoms with Crippen molar-refractivity contribution in [2.45, 2.75) is 63.6 Å². The topological polar surface area (TPSA) is 76.2 Å². The number of fused-ring (bicyclic) bond motifs is 1. The van der Waals surface area contributed by atoms with Crippen molar-refractivity contribution in [2.24, 2.45) is 7.05 Å². The third-order valence-corrected chi connectivity index (χ3v) is 6.85. The van der Waals surface area contributed by atoms with Crippen LogP contribution in [0.4, 0.5) is 0 Å². The maximum absolute atomic E-state index is 13.8. The molecule has 0 unspecified atom stereocenters. The van der Waals surface area contributed by atoms with Crippen LogP contribution < -0.4 is 0 Å². The molecule has 3 aromatic rings. The number of carbonyl (C=O) groups is 1. The molecule has 2 atom stereocenters. The van der Waals surface area contributed by atoms with Gasteiger partial charge in [-0.15, -0.1) is 0 Å². The molecule has 5 rings (SSSR count). The molecule has 4 heterocycles. The van der Waals surface area contributed by atoms with E-state index >= 15 is 0 Å². The van der Waals surface area contributed by atoms with Crippen LogP contribution in [0.15, 0.2) is 42.7 Å². The summed E-state index contributed by atoms with van der Waals surface area (Å²) in [4.78, 5) is 20.6. The zero-order chi connectivity index (χ0) is 22.1. The molecule has 2 aliphatic heterocycles. The molecule has 1 fully saturated rings. The van der Waals surface area contributed by atoms with Crippen molar-refractivity contribution in [3.63, 3.8) is 0 Å². The Morgan fingerprint density at radius 1 is 1.16 bits per heavy atom. The Kier molecular flexibility index (Phi) is 5.83. The molecule has 168 valence electrons. The Balaban J connectivity index is 1.43. The molecular weight excluding hydrogens is 402 g/mol. The first-order valence-corrected chi connectivity index (χ1v) is 11.7. The highest BCUT2D eigenvalue weighted by atomic mass is 16.3. The largest absolute Gasteiger partial charge is 0.388 e. The quantitative estimate of drug-likeness (QED) is 0.665. The van der Waals surface area contributed by atoms with E-state index < -0.39 is 6.10 Å². The van der Waals surface area contributed by atoms with Gasteiger partial charge in [0.1, 0.15) is 11.5 Å². The number of hydrogen-bond donors (Lipinski definition) is 1. The van der Waals surface area contributed by atoms with E-state index in [0.29, 0.717) is 12.1 Å². The summed E-state index contributed by atoms with van der Waals surface area (Å²) in [7, 11) is 1.84. The van der Waals surface area contributed by atoms with Gasteiger partial charge in [-0.3, -0.25) is 9.48 Å². The lowest BCUT2D eigenvalue weighted by Gasteiger charge is -2.26. The fourth-order valence-electron chi connectivity index (χ4n) is 5.19. The highest BCUT2D eigenvalue weighted by molar-refractivity contribution is 5.94. The van der Waals surface area contributed by atoms with Gasteiger partial charge in [0, 0.05) is 43.5 Å². The molecule has 0 aliphatic carbocycles. The number of likely N-dealkylation sites (tertiary alicyclic amines) is 1. The lowest BCUT2D eigenvalue weighted by Crippen LogP contribution is -2.37. The van der Waals surface area contributed by atoms with E-state index in [4.69, 9.17) is 4.98 Å². The predicted molar refractivity (Wildman–Crippen MR) is 122 cm³/mol. The van der Waals surface area contributed by atoms with Gasteiger partial charge in [0.2, 0.25) is 0 Å². The number of nitrogens with zero attached hydrogens (tertiary/aromatic N) is 5. The van der Waals surface area contributed by atoms with E-state index in [1.807, 2.05) is 36.3 Å².